The molecule has 0 aromatic rings. The van der Waals surface area contributed by atoms with E-state index >= 15 is 0 Å². The third-order valence-electron chi connectivity index (χ3n) is 1.78. The first-order valence-electron chi connectivity index (χ1n) is 4.07. The molecule has 1 aliphatic rings. The van der Waals surface area contributed by atoms with Crippen molar-refractivity contribution in [3.63, 3.8) is 0 Å². The Hall–Kier alpha value is -0.830. The van der Waals surface area contributed by atoms with Gasteiger partial charge >= 0.3 is 5.97 Å². The molecule has 0 aromatic carbocycles. The molecule has 1 heterocycles. The smallest absolute Gasteiger partial charge is 0.312 e. The van der Waals surface area contributed by atoms with Crippen LogP contribution in [0.25, 0.3) is 0 Å². The summed E-state index contributed by atoms with van der Waals surface area (Å²) in [5.41, 5.74) is 0.669. The molecule has 1 rings (SSSR count). The highest BCUT2D eigenvalue weighted by atomic mass is 16.7. The van der Waals surface area contributed by atoms with Crippen molar-refractivity contribution < 1.29 is 14.6 Å². The summed E-state index contributed by atoms with van der Waals surface area (Å²) in [6, 6.07) is 0. The topological polar surface area (TPSA) is 46.5 Å². The van der Waals surface area contributed by atoms with Crippen molar-refractivity contribution in [2.45, 2.75) is 33.0 Å². The zero-order valence-electron chi connectivity index (χ0n) is 7.63. The van der Waals surface area contributed by atoms with Crippen molar-refractivity contribution in [2.75, 3.05) is 0 Å². The molecule has 3 heteroatoms. The quantitative estimate of drug-likeness (QED) is 0.475. The minimum atomic E-state index is -1.37. The average Bonchev–Trinajstić information content (AvgIpc) is 2.04. The van der Waals surface area contributed by atoms with Gasteiger partial charge < -0.3 is 9.84 Å². The Kier molecular flexibility index (Phi) is 2.24. The molecule has 1 N–H and O–H groups in total. The molecule has 0 spiro atoms. The number of hydrogen-bond donors (Lipinski definition) is 1. The number of aliphatic hydroxyl groups is 1. The van der Waals surface area contributed by atoms with Gasteiger partial charge in [0.15, 0.2) is 0 Å². The van der Waals surface area contributed by atoms with E-state index in [0.717, 1.165) is 0 Å². The van der Waals surface area contributed by atoms with Crippen molar-refractivity contribution in [3.05, 3.63) is 11.6 Å². The van der Waals surface area contributed by atoms with Gasteiger partial charge in [0.2, 0.25) is 5.79 Å². The predicted molar refractivity (Wildman–Crippen MR) is 44.3 cm³/mol. The average molecular weight is 170 g/mol. The van der Waals surface area contributed by atoms with Crippen LogP contribution in [0.4, 0.5) is 0 Å². The summed E-state index contributed by atoms with van der Waals surface area (Å²) in [7, 11) is 0. The first kappa shape index (κ1) is 9.26. The molecule has 0 radical (unpaired) electrons. The van der Waals surface area contributed by atoms with Gasteiger partial charge in [0, 0.05) is 12.5 Å². The van der Waals surface area contributed by atoms with E-state index in [4.69, 9.17) is 4.74 Å². The molecule has 12 heavy (non-hydrogen) atoms. The van der Waals surface area contributed by atoms with Gasteiger partial charge in [0.05, 0.1) is 6.42 Å². The number of rotatable bonds is 1. The lowest BCUT2D eigenvalue weighted by atomic mass is 10.0. The maximum atomic E-state index is 10.8. The van der Waals surface area contributed by atoms with Crippen molar-refractivity contribution >= 4 is 5.97 Å². The molecule has 0 aliphatic carbocycles. The van der Waals surface area contributed by atoms with Gasteiger partial charge in [0.1, 0.15) is 0 Å². The van der Waals surface area contributed by atoms with E-state index in [1.54, 1.807) is 0 Å². The molecule has 0 saturated carbocycles. The molecule has 0 amide bonds. The number of hydrogen-bond acceptors (Lipinski definition) is 3. The lowest BCUT2D eigenvalue weighted by Gasteiger charge is -2.16. The van der Waals surface area contributed by atoms with Gasteiger partial charge in [-0.2, -0.15) is 0 Å². The zero-order chi connectivity index (χ0) is 9.35. The van der Waals surface area contributed by atoms with E-state index in [-0.39, 0.29) is 12.4 Å². The molecule has 0 aromatic heterocycles. The van der Waals surface area contributed by atoms with Crippen molar-refractivity contribution in [2.24, 2.45) is 5.92 Å². The van der Waals surface area contributed by atoms with Crippen LogP contribution in [0.1, 0.15) is 27.2 Å². The molecule has 1 saturated heterocycles. The lowest BCUT2D eigenvalue weighted by molar-refractivity contribution is -0.172. The molecule has 1 atom stereocenters. The number of esters is 1. The van der Waals surface area contributed by atoms with Crippen LogP contribution < -0.4 is 0 Å². The number of cyclic esters (lactones) is 1. The highest BCUT2D eigenvalue weighted by molar-refractivity contribution is 5.76. The second kappa shape index (κ2) is 2.90. The summed E-state index contributed by atoms with van der Waals surface area (Å²) in [5, 5.41) is 9.56. The Morgan fingerprint density at radius 2 is 2.25 bits per heavy atom. The van der Waals surface area contributed by atoms with Gasteiger partial charge in [-0.15, -0.1) is 0 Å². The summed E-state index contributed by atoms with van der Waals surface area (Å²) in [6.07, 6.45) is 2.08. The van der Waals surface area contributed by atoms with E-state index < -0.39 is 5.79 Å². The van der Waals surface area contributed by atoms with Crippen LogP contribution in [-0.2, 0) is 9.53 Å². The Morgan fingerprint density at radius 1 is 1.67 bits per heavy atom. The fourth-order valence-corrected chi connectivity index (χ4v) is 1.26. The van der Waals surface area contributed by atoms with E-state index in [1.165, 1.54) is 6.92 Å². The largest absolute Gasteiger partial charge is 0.429 e. The van der Waals surface area contributed by atoms with Crippen LogP contribution >= 0.6 is 0 Å². The fraction of sp³-hybridized carbons (Fsp3) is 0.667. The second-order valence-corrected chi connectivity index (χ2v) is 3.57. The molecule has 1 fully saturated rings. The van der Waals surface area contributed by atoms with E-state index in [1.807, 2.05) is 19.9 Å². The van der Waals surface area contributed by atoms with Gasteiger partial charge in [-0.05, 0) is 5.92 Å². The predicted octanol–water partition coefficient (Wildman–Crippen LogP) is 1.22. The van der Waals surface area contributed by atoms with Crippen LogP contribution in [-0.4, -0.2) is 16.9 Å². The van der Waals surface area contributed by atoms with Crippen LogP contribution in [0.2, 0.25) is 0 Å². The minimum absolute atomic E-state index is 0.213. The SMILES string of the molecule is CC(C)/C=C1\CC(=O)OC1(C)O. The molecule has 3 nitrogen and oxygen atoms in total. The van der Waals surface area contributed by atoms with Crippen molar-refractivity contribution in [3.8, 4) is 0 Å². The molecule has 1 aliphatic heterocycles. The first-order valence-corrected chi connectivity index (χ1v) is 4.07. The van der Waals surface area contributed by atoms with Gasteiger partial charge in [-0.25, -0.2) is 0 Å². The van der Waals surface area contributed by atoms with Gasteiger partial charge in [-0.1, -0.05) is 19.9 Å². The van der Waals surface area contributed by atoms with E-state index in [0.29, 0.717) is 11.5 Å². The summed E-state index contributed by atoms with van der Waals surface area (Å²) >= 11 is 0. The normalized spacial score (nSPS) is 33.1. The standard InChI is InChI=1S/C9H14O3/c1-6(2)4-7-5-8(10)12-9(7,3)11/h4,6,11H,5H2,1-3H3/b7-4+. The van der Waals surface area contributed by atoms with Crippen molar-refractivity contribution in [1.82, 2.24) is 0 Å². The Bertz CT molecular complexity index is 226. The van der Waals surface area contributed by atoms with Gasteiger partial charge in [0.25, 0.3) is 0 Å². The first-order chi connectivity index (χ1) is 5.42. The van der Waals surface area contributed by atoms with Crippen molar-refractivity contribution in [1.29, 1.82) is 0 Å². The van der Waals surface area contributed by atoms with Crippen LogP contribution in [0.5, 0.6) is 0 Å². The Labute approximate surface area is 72.0 Å². The monoisotopic (exact) mass is 170 g/mol. The number of carbonyl (C=O) groups excluding carboxylic acids is 1. The highest BCUT2D eigenvalue weighted by Crippen LogP contribution is 2.30. The van der Waals surface area contributed by atoms with Gasteiger partial charge in [-0.3, -0.25) is 4.79 Å². The lowest BCUT2D eigenvalue weighted by Crippen LogP contribution is -2.24. The molecule has 1 unspecified atom stereocenters. The maximum absolute atomic E-state index is 10.8. The summed E-state index contributed by atoms with van der Waals surface area (Å²) in [4.78, 5) is 10.8. The summed E-state index contributed by atoms with van der Waals surface area (Å²) in [6.45, 7) is 5.48. The fourth-order valence-electron chi connectivity index (χ4n) is 1.26. The Morgan fingerprint density at radius 3 is 2.58 bits per heavy atom. The molecular formula is C9H14O3. The molecule has 0 bridgehead atoms. The molecule has 68 valence electrons. The summed E-state index contributed by atoms with van der Waals surface area (Å²) < 4.78 is 4.71. The maximum Gasteiger partial charge on any atom is 0.312 e. The third-order valence-corrected chi connectivity index (χ3v) is 1.78. The molecular weight excluding hydrogens is 156 g/mol. The third kappa shape index (κ3) is 1.85. The summed E-state index contributed by atoms with van der Waals surface area (Å²) in [5.74, 6) is -1.41. The Balaban J connectivity index is 2.85. The number of carbonyl (C=O) groups is 1. The van der Waals surface area contributed by atoms with E-state index in [2.05, 4.69) is 0 Å². The zero-order valence-corrected chi connectivity index (χ0v) is 7.63. The number of ether oxygens (including phenoxy) is 1. The van der Waals surface area contributed by atoms with Crippen LogP contribution in [0, 0.1) is 5.92 Å². The van der Waals surface area contributed by atoms with Crippen LogP contribution in [0.3, 0.4) is 0 Å². The minimum Gasteiger partial charge on any atom is -0.429 e. The van der Waals surface area contributed by atoms with E-state index in [9.17, 15) is 9.90 Å². The number of allylic oxidation sites excluding steroid dienone is 1. The van der Waals surface area contributed by atoms with Crippen LogP contribution in [0.15, 0.2) is 11.6 Å². The second-order valence-electron chi connectivity index (χ2n) is 3.57. The highest BCUT2D eigenvalue weighted by Gasteiger charge is 2.38.